The van der Waals surface area contributed by atoms with Crippen LogP contribution in [-0.2, 0) is 13.1 Å². The number of imidazole rings is 2. The number of benzene rings is 2. The smallest absolute Gasteiger partial charge is 0.214 e. The zero-order valence-electron chi connectivity index (χ0n) is 15.7. The highest BCUT2D eigenvalue weighted by Crippen LogP contribution is 2.25. The minimum absolute atomic E-state index is 0.285. The molecule has 3 aromatic heterocycles. The summed E-state index contributed by atoms with van der Waals surface area (Å²) in [6.45, 7) is 3.38. The standard InChI is InChI=1S/C21H17FN6O/c1-2-28-18-7-6-14(20-24-13-29-26-20)11-17(18)25-19(28)12-27-9-8-23-21(27)15-4-3-5-16(22)10-15/h3-11,13H,2,12H2,1H3. The van der Waals surface area contributed by atoms with Gasteiger partial charge in [-0.3, -0.25) is 0 Å². The van der Waals surface area contributed by atoms with Crippen LogP contribution in [0.15, 0.2) is 65.8 Å². The van der Waals surface area contributed by atoms with Gasteiger partial charge in [0, 0.05) is 30.1 Å². The summed E-state index contributed by atoms with van der Waals surface area (Å²) >= 11 is 0. The minimum atomic E-state index is -0.285. The normalized spacial score (nSPS) is 11.4. The second-order valence-corrected chi connectivity index (χ2v) is 6.62. The molecule has 0 N–H and O–H groups in total. The number of rotatable bonds is 5. The highest BCUT2D eigenvalue weighted by Gasteiger charge is 2.15. The Labute approximate surface area is 165 Å². The summed E-state index contributed by atoms with van der Waals surface area (Å²) in [6, 6.07) is 12.4. The fraction of sp³-hybridized carbons (Fsp3) is 0.143. The number of halogens is 1. The first-order valence-corrected chi connectivity index (χ1v) is 9.26. The van der Waals surface area contributed by atoms with E-state index in [4.69, 9.17) is 9.51 Å². The topological polar surface area (TPSA) is 74.6 Å². The van der Waals surface area contributed by atoms with Crippen LogP contribution in [0.4, 0.5) is 4.39 Å². The molecule has 5 aromatic rings. The van der Waals surface area contributed by atoms with E-state index in [1.165, 1.54) is 18.5 Å². The average molecular weight is 388 g/mol. The highest BCUT2D eigenvalue weighted by atomic mass is 19.1. The monoisotopic (exact) mass is 388 g/mol. The molecule has 7 nitrogen and oxygen atoms in total. The molecule has 0 aliphatic rings. The Bertz CT molecular complexity index is 1290. The van der Waals surface area contributed by atoms with Crippen molar-refractivity contribution in [2.45, 2.75) is 20.0 Å². The summed E-state index contributed by atoms with van der Waals surface area (Å²) in [6.07, 6.45) is 4.90. The summed E-state index contributed by atoms with van der Waals surface area (Å²) in [5, 5.41) is 3.89. The van der Waals surface area contributed by atoms with Crippen LogP contribution in [0.1, 0.15) is 12.7 Å². The summed E-state index contributed by atoms with van der Waals surface area (Å²) in [5.41, 5.74) is 3.47. The first-order valence-electron chi connectivity index (χ1n) is 9.26. The SMILES string of the molecule is CCn1c(Cn2ccnc2-c2cccc(F)c2)nc2cc(-c3ncon3)ccc21. The molecule has 0 fully saturated rings. The van der Waals surface area contributed by atoms with Gasteiger partial charge in [-0.15, -0.1) is 0 Å². The average Bonchev–Trinajstić information content (AvgIpc) is 3.47. The Kier molecular flexibility index (Phi) is 4.16. The van der Waals surface area contributed by atoms with E-state index in [0.29, 0.717) is 18.2 Å². The van der Waals surface area contributed by atoms with E-state index in [9.17, 15) is 4.39 Å². The van der Waals surface area contributed by atoms with Crippen LogP contribution in [0, 0.1) is 5.82 Å². The number of hydrogen-bond acceptors (Lipinski definition) is 5. The molecule has 0 atom stereocenters. The maximum atomic E-state index is 13.7. The van der Waals surface area contributed by atoms with Crippen molar-refractivity contribution < 1.29 is 8.91 Å². The highest BCUT2D eigenvalue weighted by molar-refractivity contribution is 5.81. The van der Waals surface area contributed by atoms with Crippen LogP contribution >= 0.6 is 0 Å². The van der Waals surface area contributed by atoms with Gasteiger partial charge in [-0.25, -0.2) is 14.4 Å². The molecule has 0 bridgehead atoms. The zero-order valence-corrected chi connectivity index (χ0v) is 15.7. The van der Waals surface area contributed by atoms with E-state index in [2.05, 4.69) is 26.6 Å². The first-order chi connectivity index (χ1) is 14.2. The molecule has 0 aliphatic carbocycles. The maximum Gasteiger partial charge on any atom is 0.214 e. The molecule has 0 aliphatic heterocycles. The fourth-order valence-electron chi connectivity index (χ4n) is 3.57. The molecule has 144 valence electrons. The largest absolute Gasteiger partial charge is 0.342 e. The second-order valence-electron chi connectivity index (χ2n) is 6.62. The number of nitrogens with zero attached hydrogens (tertiary/aromatic N) is 6. The predicted octanol–water partition coefficient (Wildman–Crippen LogP) is 4.16. The van der Waals surface area contributed by atoms with Crippen LogP contribution in [0.5, 0.6) is 0 Å². The van der Waals surface area contributed by atoms with E-state index < -0.39 is 0 Å². The van der Waals surface area contributed by atoms with Crippen LogP contribution in [0.3, 0.4) is 0 Å². The number of fused-ring (bicyclic) bond motifs is 1. The lowest BCUT2D eigenvalue weighted by molar-refractivity contribution is 0.419. The molecule has 0 unspecified atom stereocenters. The molecule has 0 spiro atoms. The number of aromatic nitrogens is 6. The quantitative estimate of drug-likeness (QED) is 0.452. The second kappa shape index (κ2) is 6.97. The Hall–Kier alpha value is -3.81. The van der Waals surface area contributed by atoms with Crippen LogP contribution in [0.25, 0.3) is 33.8 Å². The lowest BCUT2D eigenvalue weighted by atomic mass is 10.2. The molecular weight excluding hydrogens is 371 g/mol. The summed E-state index contributed by atoms with van der Waals surface area (Å²) in [4.78, 5) is 13.3. The first kappa shape index (κ1) is 17.3. The lowest BCUT2D eigenvalue weighted by Crippen LogP contribution is -2.08. The van der Waals surface area contributed by atoms with E-state index in [-0.39, 0.29) is 5.82 Å². The molecule has 5 rings (SSSR count). The van der Waals surface area contributed by atoms with E-state index in [0.717, 1.165) is 34.5 Å². The van der Waals surface area contributed by atoms with Crippen LogP contribution in [0.2, 0.25) is 0 Å². The maximum absolute atomic E-state index is 13.7. The number of aryl methyl sites for hydroxylation is 1. The van der Waals surface area contributed by atoms with E-state index in [1.54, 1.807) is 12.3 Å². The van der Waals surface area contributed by atoms with Gasteiger partial charge in [0.25, 0.3) is 0 Å². The van der Waals surface area contributed by atoms with Gasteiger partial charge >= 0.3 is 0 Å². The molecule has 3 heterocycles. The molecule has 8 heteroatoms. The molecule has 2 aromatic carbocycles. The Morgan fingerprint density at radius 3 is 2.79 bits per heavy atom. The van der Waals surface area contributed by atoms with Gasteiger partial charge < -0.3 is 13.7 Å². The zero-order chi connectivity index (χ0) is 19.8. The van der Waals surface area contributed by atoms with Gasteiger partial charge in [0.15, 0.2) is 0 Å². The van der Waals surface area contributed by atoms with Gasteiger partial charge in [0.05, 0.1) is 17.6 Å². The third-order valence-electron chi connectivity index (χ3n) is 4.87. The van der Waals surface area contributed by atoms with Gasteiger partial charge in [-0.05, 0) is 37.3 Å². The fourth-order valence-corrected chi connectivity index (χ4v) is 3.57. The Morgan fingerprint density at radius 2 is 2.00 bits per heavy atom. The molecule has 0 radical (unpaired) electrons. The molecule has 0 amide bonds. The Morgan fingerprint density at radius 1 is 1.07 bits per heavy atom. The third kappa shape index (κ3) is 3.08. The van der Waals surface area contributed by atoms with E-state index in [1.807, 2.05) is 35.0 Å². The third-order valence-corrected chi connectivity index (χ3v) is 4.87. The molecular formula is C21H17FN6O. The van der Waals surface area contributed by atoms with Crippen LogP contribution < -0.4 is 0 Å². The van der Waals surface area contributed by atoms with E-state index >= 15 is 0 Å². The predicted molar refractivity (Wildman–Crippen MR) is 105 cm³/mol. The van der Waals surface area contributed by atoms with Crippen molar-refractivity contribution in [3.63, 3.8) is 0 Å². The van der Waals surface area contributed by atoms with Gasteiger partial charge in [-0.2, -0.15) is 4.98 Å². The van der Waals surface area contributed by atoms with Crippen molar-refractivity contribution in [3.05, 3.63) is 72.9 Å². The van der Waals surface area contributed by atoms with Crippen LogP contribution in [-0.4, -0.2) is 29.2 Å². The summed E-state index contributed by atoms with van der Waals surface area (Å²) in [7, 11) is 0. The molecule has 29 heavy (non-hydrogen) atoms. The summed E-state index contributed by atoms with van der Waals surface area (Å²) in [5.74, 6) is 1.84. The number of hydrogen-bond donors (Lipinski definition) is 0. The van der Waals surface area contributed by atoms with Gasteiger partial charge in [0.1, 0.15) is 17.5 Å². The van der Waals surface area contributed by atoms with Crippen molar-refractivity contribution in [3.8, 4) is 22.8 Å². The van der Waals surface area contributed by atoms with Crippen molar-refractivity contribution in [2.75, 3.05) is 0 Å². The summed E-state index contributed by atoms with van der Waals surface area (Å²) < 4.78 is 22.6. The van der Waals surface area contributed by atoms with Crippen molar-refractivity contribution >= 4 is 11.0 Å². The molecule has 0 saturated carbocycles. The molecule has 0 saturated heterocycles. The Balaban J connectivity index is 1.55. The lowest BCUT2D eigenvalue weighted by Gasteiger charge is -2.10. The van der Waals surface area contributed by atoms with Crippen molar-refractivity contribution in [1.82, 2.24) is 29.2 Å². The van der Waals surface area contributed by atoms with Gasteiger partial charge in [-0.1, -0.05) is 17.3 Å². The van der Waals surface area contributed by atoms with Crippen molar-refractivity contribution in [1.29, 1.82) is 0 Å². The van der Waals surface area contributed by atoms with Gasteiger partial charge in [0.2, 0.25) is 12.2 Å². The minimum Gasteiger partial charge on any atom is -0.342 e. The van der Waals surface area contributed by atoms with Crippen molar-refractivity contribution in [2.24, 2.45) is 0 Å².